The van der Waals surface area contributed by atoms with Crippen LogP contribution in [0.2, 0.25) is 5.15 Å². The maximum atomic E-state index is 11.0. The molecule has 19 heavy (non-hydrogen) atoms. The van der Waals surface area contributed by atoms with Crippen LogP contribution in [0.1, 0.15) is 11.3 Å². The molecule has 0 aliphatic rings. The fourth-order valence-electron chi connectivity index (χ4n) is 1.80. The Bertz CT molecular complexity index is 626. The van der Waals surface area contributed by atoms with E-state index in [0.29, 0.717) is 23.2 Å². The fourth-order valence-corrected chi connectivity index (χ4v) is 2.00. The maximum absolute atomic E-state index is 11.0. The Morgan fingerprint density at radius 1 is 1.58 bits per heavy atom. The number of rotatable bonds is 4. The zero-order chi connectivity index (χ0) is 14.0. The summed E-state index contributed by atoms with van der Waals surface area (Å²) in [6.07, 6.45) is 1.59. The first-order chi connectivity index (χ1) is 8.99. The van der Waals surface area contributed by atoms with Gasteiger partial charge in [0.05, 0.1) is 4.92 Å². The molecule has 8 heteroatoms. The van der Waals surface area contributed by atoms with E-state index in [1.165, 1.54) is 4.68 Å². The number of nitro groups is 1. The number of aryl methyl sites for hydroxylation is 2. The van der Waals surface area contributed by atoms with Gasteiger partial charge in [0, 0.05) is 19.8 Å². The third kappa shape index (κ3) is 2.82. The number of nitrogens with zero attached hydrogens (tertiary/aromatic N) is 4. The first-order valence-electron chi connectivity index (χ1n) is 5.51. The van der Waals surface area contributed by atoms with Crippen molar-refractivity contribution in [3.63, 3.8) is 0 Å². The van der Waals surface area contributed by atoms with E-state index in [4.69, 9.17) is 11.6 Å². The summed E-state index contributed by atoms with van der Waals surface area (Å²) in [4.78, 5) is 14.4. The Balaban J connectivity index is 2.22. The Hall–Kier alpha value is -2.15. The highest BCUT2D eigenvalue weighted by molar-refractivity contribution is 6.29. The second-order valence-electron chi connectivity index (χ2n) is 4.00. The second kappa shape index (κ2) is 5.23. The number of hydrogen-bond acceptors (Lipinski definition) is 5. The molecular formula is C11H12ClN5O2. The molecule has 1 N–H and O–H groups in total. The van der Waals surface area contributed by atoms with Crippen LogP contribution in [-0.2, 0) is 13.6 Å². The molecule has 0 saturated carbocycles. The van der Waals surface area contributed by atoms with E-state index in [2.05, 4.69) is 15.4 Å². The largest absolute Gasteiger partial charge is 0.360 e. The van der Waals surface area contributed by atoms with Crippen LogP contribution in [0, 0.1) is 17.0 Å². The lowest BCUT2D eigenvalue weighted by Gasteiger charge is -2.06. The summed E-state index contributed by atoms with van der Waals surface area (Å²) in [5, 5.41) is 18.4. The van der Waals surface area contributed by atoms with Gasteiger partial charge in [-0.2, -0.15) is 5.10 Å². The first kappa shape index (κ1) is 13.3. The topological polar surface area (TPSA) is 85.9 Å². The van der Waals surface area contributed by atoms with Crippen LogP contribution in [0.5, 0.6) is 0 Å². The van der Waals surface area contributed by atoms with Crippen molar-refractivity contribution >= 4 is 23.1 Å². The van der Waals surface area contributed by atoms with E-state index in [0.717, 1.165) is 5.56 Å². The van der Waals surface area contributed by atoms with Gasteiger partial charge in [-0.3, -0.25) is 10.1 Å². The average molecular weight is 282 g/mol. The number of anilines is 1. The van der Waals surface area contributed by atoms with Gasteiger partial charge in [-0.15, -0.1) is 0 Å². The highest BCUT2D eigenvalue weighted by atomic mass is 35.5. The highest BCUT2D eigenvalue weighted by Crippen LogP contribution is 2.27. The van der Waals surface area contributed by atoms with Crippen molar-refractivity contribution in [3.8, 4) is 0 Å². The second-order valence-corrected chi connectivity index (χ2v) is 4.39. The molecule has 0 aliphatic heterocycles. The van der Waals surface area contributed by atoms with Crippen molar-refractivity contribution in [2.75, 3.05) is 5.32 Å². The number of hydrogen-bond donors (Lipinski definition) is 1. The average Bonchev–Trinajstić information content (AvgIpc) is 2.61. The number of nitrogens with one attached hydrogen (secondary N) is 1. The summed E-state index contributed by atoms with van der Waals surface area (Å²) in [7, 11) is 1.65. The van der Waals surface area contributed by atoms with Crippen LogP contribution >= 0.6 is 11.6 Å². The molecule has 0 aliphatic carbocycles. The number of aromatic nitrogens is 3. The Labute approximate surface area is 114 Å². The molecular weight excluding hydrogens is 270 g/mol. The van der Waals surface area contributed by atoms with Gasteiger partial charge in [0.1, 0.15) is 10.8 Å². The third-order valence-electron chi connectivity index (χ3n) is 2.62. The van der Waals surface area contributed by atoms with Crippen LogP contribution in [0.3, 0.4) is 0 Å². The molecule has 2 aromatic rings. The van der Waals surface area contributed by atoms with Crippen LogP contribution in [0.4, 0.5) is 11.5 Å². The molecule has 0 amide bonds. The molecule has 0 bridgehead atoms. The molecule has 7 nitrogen and oxygen atoms in total. The van der Waals surface area contributed by atoms with E-state index in [9.17, 15) is 10.1 Å². The minimum Gasteiger partial charge on any atom is -0.360 e. The maximum Gasteiger partial charge on any atom is 0.333 e. The van der Waals surface area contributed by atoms with Crippen molar-refractivity contribution < 1.29 is 4.92 Å². The predicted molar refractivity (Wildman–Crippen MR) is 71.2 cm³/mol. The first-order valence-corrected chi connectivity index (χ1v) is 5.89. The smallest absolute Gasteiger partial charge is 0.333 e. The van der Waals surface area contributed by atoms with E-state index >= 15 is 0 Å². The molecule has 0 fully saturated rings. The summed E-state index contributed by atoms with van der Waals surface area (Å²) < 4.78 is 1.45. The molecule has 0 spiro atoms. The van der Waals surface area contributed by atoms with Crippen molar-refractivity contribution in [1.29, 1.82) is 0 Å². The van der Waals surface area contributed by atoms with Gasteiger partial charge >= 0.3 is 5.69 Å². The van der Waals surface area contributed by atoms with Gasteiger partial charge in [-0.1, -0.05) is 11.6 Å². The predicted octanol–water partition coefficient (Wildman–Crippen LogP) is 2.30. The van der Waals surface area contributed by atoms with Gasteiger partial charge in [-0.25, -0.2) is 9.67 Å². The van der Waals surface area contributed by atoms with Gasteiger partial charge < -0.3 is 5.32 Å². The lowest BCUT2D eigenvalue weighted by atomic mass is 10.2. The van der Waals surface area contributed by atoms with Crippen LogP contribution in [-0.4, -0.2) is 19.7 Å². The minimum atomic E-state index is -0.440. The molecule has 0 radical (unpaired) electrons. The van der Waals surface area contributed by atoms with Crippen LogP contribution in [0.25, 0.3) is 0 Å². The zero-order valence-corrected chi connectivity index (χ0v) is 11.2. The van der Waals surface area contributed by atoms with Crippen molar-refractivity contribution in [2.45, 2.75) is 13.5 Å². The SMILES string of the molecule is Cc1nn(C)c(NCc2ccnc(Cl)c2)c1[N+](=O)[O-]. The number of pyridine rings is 1. The highest BCUT2D eigenvalue weighted by Gasteiger charge is 2.23. The minimum absolute atomic E-state index is 0.0114. The Kier molecular flexibility index (Phi) is 3.66. The third-order valence-corrected chi connectivity index (χ3v) is 2.83. The summed E-state index contributed by atoms with van der Waals surface area (Å²) in [5.41, 5.74) is 1.25. The Morgan fingerprint density at radius 2 is 2.32 bits per heavy atom. The normalized spacial score (nSPS) is 10.5. The molecule has 100 valence electrons. The van der Waals surface area contributed by atoms with E-state index < -0.39 is 4.92 Å². The fraction of sp³-hybridized carbons (Fsp3) is 0.273. The molecule has 0 atom stereocenters. The van der Waals surface area contributed by atoms with Gasteiger partial charge in [0.25, 0.3) is 0 Å². The summed E-state index contributed by atoms with van der Waals surface area (Å²) in [6.45, 7) is 2.01. The van der Waals surface area contributed by atoms with E-state index in [-0.39, 0.29) is 5.69 Å². The molecule has 0 aromatic carbocycles. The quantitative estimate of drug-likeness (QED) is 0.528. The number of halogens is 1. The Morgan fingerprint density at radius 3 is 2.95 bits per heavy atom. The molecule has 2 aromatic heterocycles. The van der Waals surface area contributed by atoms with E-state index in [1.807, 2.05) is 0 Å². The van der Waals surface area contributed by atoms with Crippen molar-refractivity contribution in [3.05, 3.63) is 44.9 Å². The summed E-state index contributed by atoms with van der Waals surface area (Å²) in [5.74, 6) is 0.371. The molecule has 0 unspecified atom stereocenters. The monoisotopic (exact) mass is 281 g/mol. The molecule has 0 saturated heterocycles. The lowest BCUT2D eigenvalue weighted by molar-refractivity contribution is -0.384. The summed E-state index contributed by atoms with van der Waals surface area (Å²) >= 11 is 5.78. The van der Waals surface area contributed by atoms with Crippen LogP contribution < -0.4 is 5.32 Å². The van der Waals surface area contributed by atoms with Crippen molar-refractivity contribution in [1.82, 2.24) is 14.8 Å². The van der Waals surface area contributed by atoms with Crippen molar-refractivity contribution in [2.24, 2.45) is 7.05 Å². The summed E-state index contributed by atoms with van der Waals surface area (Å²) in [6, 6.07) is 3.48. The lowest BCUT2D eigenvalue weighted by Crippen LogP contribution is -2.06. The van der Waals surface area contributed by atoms with Gasteiger partial charge in [0.2, 0.25) is 5.82 Å². The molecule has 2 heterocycles. The molecule has 2 rings (SSSR count). The van der Waals surface area contributed by atoms with Gasteiger partial charge in [-0.05, 0) is 24.6 Å². The zero-order valence-electron chi connectivity index (χ0n) is 10.4. The van der Waals surface area contributed by atoms with Crippen LogP contribution in [0.15, 0.2) is 18.3 Å². The van der Waals surface area contributed by atoms with E-state index in [1.54, 1.807) is 32.3 Å². The van der Waals surface area contributed by atoms with Gasteiger partial charge in [0.15, 0.2) is 0 Å². The standard InChI is InChI=1S/C11H12ClN5O2/c1-7-10(17(18)19)11(16(2)15-7)14-6-8-3-4-13-9(12)5-8/h3-5,14H,6H2,1-2H3.